The summed E-state index contributed by atoms with van der Waals surface area (Å²) in [5.74, 6) is 0.541. The number of rotatable bonds is 4. The minimum atomic E-state index is -0.437. The summed E-state index contributed by atoms with van der Waals surface area (Å²) in [6.07, 6.45) is 2.04. The molecule has 1 amide bonds. The van der Waals surface area contributed by atoms with Gasteiger partial charge >= 0.3 is 6.09 Å². The van der Waals surface area contributed by atoms with Crippen molar-refractivity contribution in [3.8, 4) is 5.75 Å². The molecule has 4 nitrogen and oxygen atoms in total. The van der Waals surface area contributed by atoms with Crippen LogP contribution >= 0.6 is 11.3 Å². The molecule has 0 fully saturated rings. The average molecular weight is 248 g/mol. The highest BCUT2D eigenvalue weighted by Gasteiger charge is 2.03. The molecule has 0 unspecified atom stereocenters. The molecular formula is C12H12N2O2S. The zero-order chi connectivity index (χ0) is 11.9. The van der Waals surface area contributed by atoms with E-state index in [-0.39, 0.29) is 0 Å². The Balaban J connectivity index is 1.71. The van der Waals surface area contributed by atoms with Gasteiger partial charge in [0.15, 0.2) is 0 Å². The molecule has 1 aromatic carbocycles. The Labute approximate surface area is 103 Å². The molecule has 2 aromatic rings. The maximum absolute atomic E-state index is 11.4. The van der Waals surface area contributed by atoms with E-state index in [9.17, 15) is 4.79 Å². The van der Waals surface area contributed by atoms with Gasteiger partial charge in [-0.25, -0.2) is 9.78 Å². The van der Waals surface area contributed by atoms with Crippen molar-refractivity contribution >= 4 is 17.4 Å². The van der Waals surface area contributed by atoms with E-state index in [1.54, 1.807) is 29.7 Å². The molecule has 88 valence electrons. The van der Waals surface area contributed by atoms with Crippen LogP contribution in [0.4, 0.5) is 4.79 Å². The Morgan fingerprint density at radius 1 is 1.35 bits per heavy atom. The monoisotopic (exact) mass is 248 g/mol. The molecule has 0 aliphatic carbocycles. The van der Waals surface area contributed by atoms with Crippen molar-refractivity contribution in [2.75, 3.05) is 6.54 Å². The number of thiazole rings is 1. The first-order chi connectivity index (χ1) is 8.34. The van der Waals surface area contributed by atoms with Gasteiger partial charge in [-0.1, -0.05) is 18.2 Å². The summed E-state index contributed by atoms with van der Waals surface area (Å²) < 4.78 is 5.07. The van der Waals surface area contributed by atoms with E-state index in [0.717, 1.165) is 11.4 Å². The molecule has 0 saturated carbocycles. The Morgan fingerprint density at radius 3 is 2.88 bits per heavy atom. The van der Waals surface area contributed by atoms with E-state index in [4.69, 9.17) is 4.74 Å². The number of para-hydroxylation sites is 1. The van der Waals surface area contributed by atoms with Crippen LogP contribution in [0.2, 0.25) is 0 Å². The molecule has 0 bridgehead atoms. The van der Waals surface area contributed by atoms with E-state index < -0.39 is 6.09 Å². The van der Waals surface area contributed by atoms with E-state index >= 15 is 0 Å². The first-order valence-corrected chi connectivity index (χ1v) is 6.11. The quantitative estimate of drug-likeness (QED) is 0.904. The molecule has 0 atom stereocenters. The predicted octanol–water partition coefficient (Wildman–Crippen LogP) is 2.47. The molecule has 0 aliphatic rings. The van der Waals surface area contributed by atoms with Crippen LogP contribution in [0.5, 0.6) is 5.75 Å². The lowest BCUT2D eigenvalue weighted by atomic mass is 10.3. The second kappa shape index (κ2) is 6.00. The van der Waals surface area contributed by atoms with E-state index in [1.807, 2.05) is 23.6 Å². The van der Waals surface area contributed by atoms with Gasteiger partial charge < -0.3 is 10.1 Å². The van der Waals surface area contributed by atoms with Gasteiger partial charge in [0.25, 0.3) is 0 Å². The van der Waals surface area contributed by atoms with Gasteiger partial charge in [-0.2, -0.15) is 0 Å². The fourth-order valence-electron chi connectivity index (χ4n) is 1.28. The summed E-state index contributed by atoms with van der Waals surface area (Å²) in [5, 5.41) is 5.59. The smallest absolute Gasteiger partial charge is 0.410 e. The Kier molecular flexibility index (Phi) is 4.10. The van der Waals surface area contributed by atoms with Crippen molar-refractivity contribution in [2.45, 2.75) is 6.42 Å². The normalized spacial score (nSPS) is 9.88. The average Bonchev–Trinajstić information content (AvgIpc) is 2.83. The van der Waals surface area contributed by atoms with Crippen molar-refractivity contribution in [1.29, 1.82) is 0 Å². The first kappa shape index (κ1) is 11.6. The fraction of sp³-hybridized carbons (Fsp3) is 0.167. The molecule has 17 heavy (non-hydrogen) atoms. The summed E-state index contributed by atoms with van der Waals surface area (Å²) in [6.45, 7) is 0.527. The zero-order valence-corrected chi connectivity index (χ0v) is 9.94. The van der Waals surface area contributed by atoms with E-state index in [2.05, 4.69) is 10.3 Å². The Morgan fingerprint density at radius 2 is 2.18 bits per heavy atom. The maximum atomic E-state index is 11.4. The van der Waals surface area contributed by atoms with Crippen LogP contribution in [0, 0.1) is 0 Å². The maximum Gasteiger partial charge on any atom is 0.412 e. The minimum Gasteiger partial charge on any atom is -0.410 e. The molecule has 2 rings (SSSR count). The zero-order valence-electron chi connectivity index (χ0n) is 9.13. The van der Waals surface area contributed by atoms with Gasteiger partial charge in [0.2, 0.25) is 0 Å². The van der Waals surface area contributed by atoms with Gasteiger partial charge in [-0.3, -0.25) is 0 Å². The van der Waals surface area contributed by atoms with Crippen molar-refractivity contribution in [1.82, 2.24) is 10.3 Å². The summed E-state index contributed by atoms with van der Waals surface area (Å²) in [4.78, 5) is 15.5. The van der Waals surface area contributed by atoms with Crippen molar-refractivity contribution < 1.29 is 9.53 Å². The van der Waals surface area contributed by atoms with Crippen LogP contribution < -0.4 is 10.1 Å². The summed E-state index contributed by atoms with van der Waals surface area (Å²) >= 11 is 1.58. The van der Waals surface area contributed by atoms with Crippen molar-refractivity contribution in [3.05, 3.63) is 46.9 Å². The number of carbonyl (C=O) groups excluding carboxylic acids is 1. The third-order valence-corrected chi connectivity index (χ3v) is 2.88. The molecule has 5 heteroatoms. The molecule has 0 spiro atoms. The number of hydrogen-bond acceptors (Lipinski definition) is 4. The molecule has 0 saturated heterocycles. The number of nitrogens with zero attached hydrogens (tertiary/aromatic N) is 1. The highest BCUT2D eigenvalue weighted by atomic mass is 32.1. The molecule has 1 heterocycles. The van der Waals surface area contributed by atoms with Crippen LogP contribution in [-0.4, -0.2) is 17.6 Å². The topological polar surface area (TPSA) is 51.2 Å². The summed E-state index contributed by atoms with van der Waals surface area (Å²) in [6, 6.07) is 8.98. The highest BCUT2D eigenvalue weighted by molar-refractivity contribution is 7.09. The van der Waals surface area contributed by atoms with Crippen LogP contribution in [-0.2, 0) is 6.42 Å². The number of benzene rings is 1. The van der Waals surface area contributed by atoms with Gasteiger partial charge in [0.1, 0.15) is 5.75 Å². The third kappa shape index (κ3) is 3.88. The van der Waals surface area contributed by atoms with Crippen LogP contribution in [0.3, 0.4) is 0 Å². The number of hydrogen-bond donors (Lipinski definition) is 1. The molecule has 0 aliphatic heterocycles. The molecule has 1 N–H and O–H groups in total. The standard InChI is InChI=1S/C12H12N2O2S/c15-12(16-10-4-2-1-3-5-10)14-7-6-11-13-8-9-17-11/h1-5,8-9H,6-7H2,(H,14,15). The molecule has 0 radical (unpaired) electrons. The van der Waals surface area contributed by atoms with Crippen LogP contribution in [0.15, 0.2) is 41.9 Å². The second-order valence-electron chi connectivity index (χ2n) is 3.31. The number of carbonyl (C=O) groups is 1. The van der Waals surface area contributed by atoms with E-state index in [1.165, 1.54) is 0 Å². The van der Waals surface area contributed by atoms with Crippen molar-refractivity contribution in [2.24, 2.45) is 0 Å². The lowest BCUT2D eigenvalue weighted by Gasteiger charge is -2.05. The number of amides is 1. The Hall–Kier alpha value is -1.88. The van der Waals surface area contributed by atoms with E-state index in [0.29, 0.717) is 12.3 Å². The predicted molar refractivity (Wildman–Crippen MR) is 66.3 cm³/mol. The van der Waals surface area contributed by atoms with Gasteiger partial charge in [0, 0.05) is 24.5 Å². The largest absolute Gasteiger partial charge is 0.412 e. The second-order valence-corrected chi connectivity index (χ2v) is 4.28. The Bertz CT molecular complexity index is 457. The first-order valence-electron chi connectivity index (χ1n) is 5.24. The van der Waals surface area contributed by atoms with Gasteiger partial charge in [0.05, 0.1) is 5.01 Å². The van der Waals surface area contributed by atoms with Gasteiger partial charge in [-0.15, -0.1) is 11.3 Å². The molecular weight excluding hydrogens is 236 g/mol. The molecule has 1 aromatic heterocycles. The summed E-state index contributed by atoms with van der Waals surface area (Å²) in [7, 11) is 0. The van der Waals surface area contributed by atoms with Crippen LogP contribution in [0.1, 0.15) is 5.01 Å². The summed E-state index contributed by atoms with van der Waals surface area (Å²) in [5.41, 5.74) is 0. The lowest BCUT2D eigenvalue weighted by molar-refractivity contribution is 0.200. The SMILES string of the molecule is O=C(NCCc1nccs1)Oc1ccccc1. The number of aromatic nitrogens is 1. The fourth-order valence-corrected chi connectivity index (χ4v) is 1.90. The van der Waals surface area contributed by atoms with Crippen molar-refractivity contribution in [3.63, 3.8) is 0 Å². The minimum absolute atomic E-state index is 0.437. The highest BCUT2D eigenvalue weighted by Crippen LogP contribution is 2.08. The lowest BCUT2D eigenvalue weighted by Crippen LogP contribution is -2.28. The third-order valence-electron chi connectivity index (χ3n) is 2.05. The number of ether oxygens (including phenoxy) is 1. The van der Waals surface area contributed by atoms with Crippen LogP contribution in [0.25, 0.3) is 0 Å². The number of nitrogens with one attached hydrogen (secondary N) is 1. The van der Waals surface area contributed by atoms with Gasteiger partial charge in [-0.05, 0) is 12.1 Å².